The first kappa shape index (κ1) is 52.2. The number of likely N-dealkylation sites (tertiary alicyclic amines) is 3. The highest BCUT2D eigenvalue weighted by Crippen LogP contribution is 2.49. The van der Waals surface area contributed by atoms with E-state index in [-0.39, 0.29) is 71.2 Å². The summed E-state index contributed by atoms with van der Waals surface area (Å²) in [6, 6.07) is 8.12. The van der Waals surface area contributed by atoms with Crippen molar-refractivity contribution in [2.24, 2.45) is 17.8 Å². The van der Waals surface area contributed by atoms with Crippen LogP contribution in [0.1, 0.15) is 161 Å². The second kappa shape index (κ2) is 21.3. The van der Waals surface area contributed by atoms with Crippen LogP contribution in [0.4, 0.5) is 18.4 Å². The number of nitrogens with zero attached hydrogens (tertiary/aromatic N) is 3. The van der Waals surface area contributed by atoms with Gasteiger partial charge in [0.2, 0.25) is 17.7 Å². The number of amides is 5. The summed E-state index contributed by atoms with van der Waals surface area (Å²) in [4.78, 5) is 78.9. The maximum Gasteiger partial charge on any atom is 0.408 e. The van der Waals surface area contributed by atoms with Crippen LogP contribution >= 0.6 is 0 Å². The predicted molar refractivity (Wildman–Crippen MR) is 276 cm³/mol. The van der Waals surface area contributed by atoms with Crippen molar-refractivity contribution in [2.75, 3.05) is 19.6 Å². The van der Waals surface area contributed by atoms with Crippen molar-refractivity contribution in [3.63, 3.8) is 0 Å². The highest BCUT2D eigenvalue weighted by atomic mass is 19.1. The summed E-state index contributed by atoms with van der Waals surface area (Å²) in [6.07, 6.45) is 16.8. The van der Waals surface area contributed by atoms with Crippen molar-refractivity contribution in [3.05, 3.63) is 71.6 Å². The van der Waals surface area contributed by atoms with Crippen LogP contribution < -0.4 is 10.6 Å². The van der Waals surface area contributed by atoms with E-state index in [1.54, 1.807) is 13.0 Å². The van der Waals surface area contributed by atoms with Crippen LogP contribution in [0.3, 0.4) is 0 Å². The van der Waals surface area contributed by atoms with Gasteiger partial charge in [0.15, 0.2) is 0 Å². The lowest BCUT2D eigenvalue weighted by Crippen LogP contribution is -2.55. The Bertz CT molecular complexity index is 2660. The summed E-state index contributed by atoms with van der Waals surface area (Å²) in [6.45, 7) is 14.2. The van der Waals surface area contributed by atoms with Crippen molar-refractivity contribution in [1.82, 2.24) is 35.3 Å². The number of hydrogen-bond donors (Lipinski definition) is 4. The van der Waals surface area contributed by atoms with Gasteiger partial charge in [0.05, 0.1) is 12.1 Å². The molecule has 396 valence electrons. The largest absolute Gasteiger partial charge is 0.444 e. The third kappa shape index (κ3) is 11.4. The number of ether oxygens (including phenoxy) is 2. The van der Waals surface area contributed by atoms with Crippen LogP contribution in [0.15, 0.2) is 48.8 Å². The molecule has 2 aromatic heterocycles. The molecule has 10 rings (SSSR count). The minimum atomic E-state index is -0.673. The lowest BCUT2D eigenvalue weighted by atomic mass is 9.83. The average molecular weight is 1010 g/mol. The Hall–Kier alpha value is -5.67. The van der Waals surface area contributed by atoms with Gasteiger partial charge in [-0.2, -0.15) is 0 Å². The number of fused-ring (bicyclic) bond motifs is 4. The quantitative estimate of drug-likeness (QED) is 0.136. The van der Waals surface area contributed by atoms with Gasteiger partial charge in [0.25, 0.3) is 0 Å². The topological polar surface area (TPSA) is 169 Å². The van der Waals surface area contributed by atoms with Crippen molar-refractivity contribution in [3.8, 4) is 0 Å². The van der Waals surface area contributed by atoms with Crippen molar-refractivity contribution in [1.29, 1.82) is 0 Å². The molecule has 3 aliphatic carbocycles. The maximum absolute atomic E-state index is 14.3. The highest BCUT2D eigenvalue weighted by molar-refractivity contribution is 5.89. The number of carbonyl (C=O) groups excluding carboxylic acids is 5. The lowest BCUT2D eigenvalue weighted by molar-refractivity contribution is -0.137. The van der Waals surface area contributed by atoms with Crippen LogP contribution in [-0.2, 0) is 23.9 Å². The van der Waals surface area contributed by atoms with Crippen LogP contribution in [0.25, 0.3) is 21.8 Å². The molecule has 2 aromatic carbocycles. The first-order valence-corrected chi connectivity index (χ1v) is 27.1. The molecule has 4 N–H and O–H groups in total. The Balaban J connectivity index is 0.000000180. The van der Waals surface area contributed by atoms with Gasteiger partial charge in [-0.3, -0.25) is 14.4 Å². The molecule has 0 bridgehead atoms. The number of carbonyl (C=O) groups is 5. The van der Waals surface area contributed by atoms with E-state index in [9.17, 15) is 32.8 Å². The first-order chi connectivity index (χ1) is 34.7. The summed E-state index contributed by atoms with van der Waals surface area (Å²) < 4.78 is 38.7. The fourth-order valence-corrected chi connectivity index (χ4v) is 13.7. The SMILES string of the molecule is CC(=O)N1C[C@H](c2c[nH]c3cc(F)ccc23)[C@@H]2[C@H]1CCN2C(=O)[C@@H](NC(=O)OC(C)(C)C)C1CCCCC1.CC(C)(C)OC(=O)N[C@H](C(=O)N1CC[C@H]2CC[C@H](c3c[nH]c4cc(F)ccc34)[C@H]21)C1CCCCC1. The van der Waals surface area contributed by atoms with Crippen molar-refractivity contribution < 1.29 is 42.2 Å². The summed E-state index contributed by atoms with van der Waals surface area (Å²) in [5.41, 5.74) is 2.35. The zero-order valence-corrected chi connectivity index (χ0v) is 43.9. The molecular weight excluding hydrogens is 933 g/mol. The van der Waals surface area contributed by atoms with Gasteiger partial charge in [0.1, 0.15) is 34.9 Å². The van der Waals surface area contributed by atoms with Gasteiger partial charge in [-0.1, -0.05) is 38.5 Å². The Labute approximate surface area is 428 Å². The molecule has 0 spiro atoms. The zero-order chi connectivity index (χ0) is 51.9. The Morgan fingerprint density at radius 2 is 1.05 bits per heavy atom. The number of alkyl carbamates (subject to hydrolysis) is 2. The molecule has 6 aliphatic rings. The Kier molecular flexibility index (Phi) is 15.2. The normalized spacial score (nSPS) is 25.5. The van der Waals surface area contributed by atoms with E-state index in [0.717, 1.165) is 105 Å². The fraction of sp³-hybridized carbons (Fsp3) is 0.632. The van der Waals surface area contributed by atoms with E-state index in [1.165, 1.54) is 36.2 Å². The van der Waals surface area contributed by atoms with Gasteiger partial charge in [0, 0.05) is 78.6 Å². The number of hydrogen-bond acceptors (Lipinski definition) is 7. The molecule has 3 saturated heterocycles. The lowest BCUT2D eigenvalue weighted by Gasteiger charge is -2.36. The van der Waals surface area contributed by atoms with Crippen LogP contribution in [0, 0.1) is 29.4 Å². The Morgan fingerprint density at radius 3 is 1.53 bits per heavy atom. The summed E-state index contributed by atoms with van der Waals surface area (Å²) in [5, 5.41) is 7.86. The monoisotopic (exact) mass is 1010 g/mol. The van der Waals surface area contributed by atoms with Crippen LogP contribution in [0.5, 0.6) is 0 Å². The van der Waals surface area contributed by atoms with Crippen LogP contribution in [-0.4, -0.2) is 116 Å². The second-order valence-electron chi connectivity index (χ2n) is 23.8. The molecule has 6 fully saturated rings. The number of halogens is 2. The van der Waals surface area contributed by atoms with Gasteiger partial charge in [-0.05, 0) is 158 Å². The molecule has 0 radical (unpaired) electrons. The molecule has 14 nitrogen and oxygen atoms in total. The number of nitrogens with one attached hydrogen (secondary N) is 4. The molecular formula is C57H77F2N7O7. The fourth-order valence-electron chi connectivity index (χ4n) is 13.7. The standard InChI is InChI=1S/C29H39FN4O4.C28H38FN3O3/c1-17(35)34-16-22(21-15-31-23-14-19(30)10-11-20(21)23)26-24(34)12-13-33(26)27(36)25(18-8-6-5-7-9-18)32-28(37)38-29(2,3)4;1-28(2,3)35-27(34)31-24(17-7-5-4-6-8-17)26(33)32-14-13-18-9-11-21(25(18)32)22-16-30-23-15-19(29)10-12-20(22)23/h10-11,14-15,18,22,24-26,31H,5-9,12-13,16H2,1-4H3,(H,32,37);10,12,15-18,21,24-25,30H,4-9,11,13-14H2,1-3H3,(H,31,34)/t22-,24-,25+,26-;18-,21-,24+,25+/m11/s1. The molecule has 3 aliphatic heterocycles. The minimum absolute atomic E-state index is 0.0154. The number of aromatic amines is 2. The summed E-state index contributed by atoms with van der Waals surface area (Å²) in [7, 11) is 0. The second-order valence-corrected chi connectivity index (χ2v) is 23.8. The molecule has 0 unspecified atom stereocenters. The third-order valence-electron chi connectivity index (χ3n) is 16.7. The molecule has 5 amide bonds. The minimum Gasteiger partial charge on any atom is -0.444 e. The van der Waals surface area contributed by atoms with Gasteiger partial charge >= 0.3 is 12.2 Å². The molecule has 16 heteroatoms. The highest BCUT2D eigenvalue weighted by Gasteiger charge is 2.54. The molecule has 73 heavy (non-hydrogen) atoms. The molecule has 4 aromatic rings. The first-order valence-electron chi connectivity index (χ1n) is 27.1. The average Bonchev–Trinajstić information content (AvgIpc) is 4.20. The van der Waals surface area contributed by atoms with E-state index in [1.807, 2.05) is 69.8 Å². The van der Waals surface area contributed by atoms with Gasteiger partial charge in [-0.25, -0.2) is 18.4 Å². The third-order valence-corrected chi connectivity index (χ3v) is 16.7. The number of rotatable bonds is 8. The summed E-state index contributed by atoms with van der Waals surface area (Å²) in [5.74, 6) is 0.0766. The van der Waals surface area contributed by atoms with Gasteiger partial charge < -0.3 is 44.8 Å². The van der Waals surface area contributed by atoms with E-state index >= 15 is 0 Å². The molecule has 3 saturated carbocycles. The molecule has 5 heterocycles. The van der Waals surface area contributed by atoms with E-state index in [4.69, 9.17) is 9.47 Å². The maximum atomic E-state index is 14.3. The van der Waals surface area contributed by atoms with Crippen molar-refractivity contribution in [2.45, 2.75) is 192 Å². The number of H-pyrrole nitrogens is 2. The zero-order valence-electron chi connectivity index (χ0n) is 43.9. The summed E-state index contributed by atoms with van der Waals surface area (Å²) >= 11 is 0. The van der Waals surface area contributed by atoms with E-state index < -0.39 is 35.5 Å². The van der Waals surface area contributed by atoms with Crippen molar-refractivity contribution >= 4 is 51.7 Å². The number of benzene rings is 2. The molecule has 8 atom stereocenters. The predicted octanol–water partition coefficient (Wildman–Crippen LogP) is 10.6. The smallest absolute Gasteiger partial charge is 0.408 e. The Morgan fingerprint density at radius 1 is 0.589 bits per heavy atom. The van der Waals surface area contributed by atoms with E-state index in [2.05, 4.69) is 25.5 Å². The van der Waals surface area contributed by atoms with Crippen LogP contribution in [0.2, 0.25) is 0 Å². The van der Waals surface area contributed by atoms with Gasteiger partial charge in [-0.15, -0.1) is 0 Å². The number of aromatic nitrogens is 2. The van der Waals surface area contributed by atoms with E-state index in [0.29, 0.717) is 30.9 Å².